The van der Waals surface area contributed by atoms with Crippen LogP contribution in [0.5, 0.6) is 0 Å². The quantitative estimate of drug-likeness (QED) is 0.619. The Morgan fingerprint density at radius 2 is 2.00 bits per heavy atom. The predicted octanol–water partition coefficient (Wildman–Crippen LogP) is 0.529. The third-order valence-electron chi connectivity index (χ3n) is 3.66. The molecule has 1 aliphatic heterocycles. The maximum absolute atomic E-state index is 13.0. The van der Waals surface area contributed by atoms with Gasteiger partial charge in [-0.15, -0.1) is 12.4 Å². The molecular formula is C16H23ClFN3O3. The number of halogens is 2. The van der Waals surface area contributed by atoms with Crippen molar-refractivity contribution in [3.8, 4) is 0 Å². The van der Waals surface area contributed by atoms with Gasteiger partial charge in [-0.1, -0.05) is 12.1 Å². The second-order valence-electron chi connectivity index (χ2n) is 5.51. The number of carbonyl (C=O) groups is 2. The highest BCUT2D eigenvalue weighted by molar-refractivity contribution is 5.85. The maximum atomic E-state index is 13.0. The lowest BCUT2D eigenvalue weighted by Crippen LogP contribution is -2.40. The number of nitrogens with two attached hydrogens (primary N) is 1. The molecule has 134 valence electrons. The molecule has 1 heterocycles. The van der Waals surface area contributed by atoms with Crippen molar-refractivity contribution in [1.82, 2.24) is 10.6 Å². The van der Waals surface area contributed by atoms with Crippen molar-refractivity contribution in [3.05, 3.63) is 35.6 Å². The average molecular weight is 360 g/mol. The highest BCUT2D eigenvalue weighted by atomic mass is 35.5. The highest BCUT2D eigenvalue weighted by Crippen LogP contribution is 2.18. The topological polar surface area (TPSA) is 93.5 Å². The maximum Gasteiger partial charge on any atom is 0.249 e. The first-order valence-electron chi connectivity index (χ1n) is 7.73. The molecule has 1 aliphatic rings. The van der Waals surface area contributed by atoms with E-state index in [-0.39, 0.29) is 42.6 Å². The fraction of sp³-hybridized carbons (Fsp3) is 0.500. The van der Waals surface area contributed by atoms with E-state index < -0.39 is 6.10 Å². The molecule has 0 saturated carbocycles. The monoisotopic (exact) mass is 359 g/mol. The number of benzene rings is 1. The number of rotatable bonds is 7. The normalized spacial score (nSPS) is 19.4. The number of ether oxygens (including phenoxy) is 1. The van der Waals surface area contributed by atoms with Crippen LogP contribution in [0.3, 0.4) is 0 Å². The Labute approximate surface area is 146 Å². The van der Waals surface area contributed by atoms with Crippen molar-refractivity contribution in [2.45, 2.75) is 31.5 Å². The van der Waals surface area contributed by atoms with Gasteiger partial charge in [0.1, 0.15) is 11.9 Å². The van der Waals surface area contributed by atoms with Crippen molar-refractivity contribution < 1.29 is 18.7 Å². The second kappa shape index (κ2) is 10.2. The van der Waals surface area contributed by atoms with Crippen LogP contribution in [0.1, 0.15) is 18.4 Å². The summed E-state index contributed by atoms with van der Waals surface area (Å²) in [7, 11) is 0. The molecule has 0 bridgehead atoms. The first-order valence-corrected chi connectivity index (χ1v) is 7.73. The van der Waals surface area contributed by atoms with Crippen LogP contribution in [0.15, 0.2) is 24.3 Å². The van der Waals surface area contributed by atoms with Crippen molar-refractivity contribution in [2.24, 2.45) is 5.73 Å². The lowest BCUT2D eigenvalue weighted by atomic mass is 10.1. The van der Waals surface area contributed by atoms with Gasteiger partial charge in [0.15, 0.2) is 0 Å². The third kappa shape index (κ3) is 6.43. The molecule has 8 heteroatoms. The molecule has 0 spiro atoms. The van der Waals surface area contributed by atoms with Gasteiger partial charge in [0.05, 0.1) is 12.5 Å². The predicted molar refractivity (Wildman–Crippen MR) is 90.3 cm³/mol. The number of carbonyl (C=O) groups excluding carboxylic acids is 2. The summed E-state index contributed by atoms with van der Waals surface area (Å²) < 4.78 is 18.5. The molecule has 0 aliphatic carbocycles. The van der Waals surface area contributed by atoms with Crippen LogP contribution in [0.2, 0.25) is 0 Å². The van der Waals surface area contributed by atoms with E-state index in [2.05, 4.69) is 10.6 Å². The molecule has 0 unspecified atom stereocenters. The van der Waals surface area contributed by atoms with E-state index in [0.29, 0.717) is 31.6 Å². The Morgan fingerprint density at radius 3 is 2.67 bits per heavy atom. The van der Waals surface area contributed by atoms with Crippen LogP contribution in [-0.2, 0) is 20.7 Å². The minimum absolute atomic E-state index is 0. The van der Waals surface area contributed by atoms with Crippen LogP contribution < -0.4 is 16.4 Å². The fourth-order valence-electron chi connectivity index (χ4n) is 2.47. The van der Waals surface area contributed by atoms with Crippen LogP contribution in [0.4, 0.5) is 4.39 Å². The summed E-state index contributed by atoms with van der Waals surface area (Å²) in [5.41, 5.74) is 6.11. The molecule has 0 radical (unpaired) electrons. The molecule has 4 N–H and O–H groups in total. The van der Waals surface area contributed by atoms with E-state index in [1.54, 1.807) is 12.1 Å². The molecular weight excluding hydrogens is 337 g/mol. The summed E-state index contributed by atoms with van der Waals surface area (Å²) in [5.74, 6) is -0.764. The minimum atomic E-state index is -0.452. The number of amides is 2. The van der Waals surface area contributed by atoms with Gasteiger partial charge in [0.25, 0.3) is 0 Å². The third-order valence-corrected chi connectivity index (χ3v) is 3.66. The fourth-order valence-corrected chi connectivity index (χ4v) is 2.47. The van der Waals surface area contributed by atoms with Gasteiger partial charge in [0.2, 0.25) is 11.8 Å². The van der Waals surface area contributed by atoms with E-state index in [9.17, 15) is 14.0 Å². The van der Waals surface area contributed by atoms with Crippen molar-refractivity contribution in [1.29, 1.82) is 0 Å². The SMILES string of the molecule is Cl.NC[C@H]1CC[C@@H](C(=O)NCCNC(=O)Cc2cccc(F)c2)O1. The molecule has 1 aromatic carbocycles. The van der Waals surface area contributed by atoms with E-state index in [0.717, 1.165) is 6.42 Å². The first kappa shape index (κ1) is 20.3. The van der Waals surface area contributed by atoms with Gasteiger partial charge in [-0.25, -0.2) is 4.39 Å². The largest absolute Gasteiger partial charge is 0.364 e. The Morgan fingerprint density at radius 1 is 1.25 bits per heavy atom. The van der Waals surface area contributed by atoms with Crippen LogP contribution in [0, 0.1) is 5.82 Å². The van der Waals surface area contributed by atoms with E-state index in [4.69, 9.17) is 10.5 Å². The zero-order chi connectivity index (χ0) is 16.7. The van der Waals surface area contributed by atoms with Crippen molar-refractivity contribution in [3.63, 3.8) is 0 Å². The molecule has 0 aromatic heterocycles. The molecule has 6 nitrogen and oxygen atoms in total. The molecule has 1 aromatic rings. The summed E-state index contributed by atoms with van der Waals surface area (Å²) in [6.07, 6.45) is 1.07. The van der Waals surface area contributed by atoms with Gasteiger partial charge >= 0.3 is 0 Å². The minimum Gasteiger partial charge on any atom is -0.364 e. The summed E-state index contributed by atoms with van der Waals surface area (Å²) in [6.45, 7) is 1.05. The smallest absolute Gasteiger partial charge is 0.249 e. The van der Waals surface area contributed by atoms with E-state index in [1.807, 2.05) is 0 Å². The van der Waals surface area contributed by atoms with Crippen LogP contribution >= 0.6 is 12.4 Å². The van der Waals surface area contributed by atoms with Crippen molar-refractivity contribution >= 4 is 24.2 Å². The van der Waals surface area contributed by atoms with Crippen molar-refractivity contribution in [2.75, 3.05) is 19.6 Å². The second-order valence-corrected chi connectivity index (χ2v) is 5.51. The van der Waals surface area contributed by atoms with Gasteiger partial charge in [0, 0.05) is 19.6 Å². The van der Waals surface area contributed by atoms with E-state index >= 15 is 0 Å². The molecule has 2 rings (SSSR count). The Bertz CT molecular complexity index is 559. The average Bonchev–Trinajstić information content (AvgIpc) is 3.00. The molecule has 24 heavy (non-hydrogen) atoms. The zero-order valence-electron chi connectivity index (χ0n) is 13.3. The molecule has 1 saturated heterocycles. The summed E-state index contributed by atoms with van der Waals surface area (Å²) in [5, 5.41) is 5.40. The van der Waals surface area contributed by atoms with Gasteiger partial charge in [-0.3, -0.25) is 9.59 Å². The Kier molecular flexibility index (Phi) is 8.67. The molecule has 2 amide bonds. The Balaban J connectivity index is 0.00000288. The lowest BCUT2D eigenvalue weighted by Gasteiger charge is -2.13. The first-order chi connectivity index (χ1) is 11.1. The summed E-state index contributed by atoms with van der Waals surface area (Å²) >= 11 is 0. The molecule has 2 atom stereocenters. The van der Waals surface area contributed by atoms with Gasteiger partial charge in [-0.2, -0.15) is 0 Å². The number of hydrogen-bond acceptors (Lipinski definition) is 4. The van der Waals surface area contributed by atoms with Crippen LogP contribution in [0.25, 0.3) is 0 Å². The lowest BCUT2D eigenvalue weighted by molar-refractivity contribution is -0.132. The zero-order valence-corrected chi connectivity index (χ0v) is 14.1. The van der Waals surface area contributed by atoms with Crippen LogP contribution in [-0.4, -0.2) is 43.7 Å². The summed E-state index contributed by atoms with van der Waals surface area (Å²) in [6, 6.07) is 5.91. The highest BCUT2D eigenvalue weighted by Gasteiger charge is 2.29. The van der Waals surface area contributed by atoms with Gasteiger partial charge in [-0.05, 0) is 30.5 Å². The number of hydrogen-bond donors (Lipinski definition) is 3. The van der Waals surface area contributed by atoms with Gasteiger partial charge < -0.3 is 21.1 Å². The van der Waals surface area contributed by atoms with E-state index in [1.165, 1.54) is 12.1 Å². The summed E-state index contributed by atoms with van der Waals surface area (Å²) in [4.78, 5) is 23.6. The molecule has 1 fully saturated rings. The Hall–Kier alpha value is -1.70. The standard InChI is InChI=1S/C16H22FN3O3.ClH/c17-12-3-1-2-11(8-12)9-15(21)19-6-7-20-16(22)14-5-4-13(10-18)23-14;/h1-3,8,13-14H,4-7,9-10,18H2,(H,19,21)(H,20,22);1H/t13-,14+;/m1./s1. The number of nitrogens with one attached hydrogen (secondary N) is 2.